The van der Waals surface area contributed by atoms with Crippen molar-refractivity contribution in [3.63, 3.8) is 0 Å². The van der Waals surface area contributed by atoms with Gasteiger partial charge >= 0.3 is 0 Å². The van der Waals surface area contributed by atoms with Crippen molar-refractivity contribution in [3.8, 4) is 0 Å². The first kappa shape index (κ1) is 9.64. The van der Waals surface area contributed by atoms with Gasteiger partial charge in [0.05, 0.1) is 5.69 Å². The molecular weight excluding hydrogens is 172 g/mol. The van der Waals surface area contributed by atoms with Gasteiger partial charge in [-0.15, -0.1) is 11.3 Å². The van der Waals surface area contributed by atoms with Gasteiger partial charge in [0, 0.05) is 19.0 Å². The zero-order valence-electron chi connectivity index (χ0n) is 7.63. The molecule has 1 atom stereocenters. The van der Waals surface area contributed by atoms with Gasteiger partial charge in [-0.2, -0.15) is 0 Å². The van der Waals surface area contributed by atoms with Crippen molar-refractivity contribution in [2.24, 2.45) is 0 Å². The number of hydrogen-bond donors (Lipinski definition) is 1. The minimum atomic E-state index is 0.112. The van der Waals surface area contributed by atoms with Crippen LogP contribution in [0.2, 0.25) is 0 Å². The van der Waals surface area contributed by atoms with E-state index in [1.807, 2.05) is 14.0 Å². The highest BCUT2D eigenvalue weighted by atomic mass is 32.1. The third-order valence-electron chi connectivity index (χ3n) is 1.63. The van der Waals surface area contributed by atoms with Crippen LogP contribution in [0.4, 0.5) is 0 Å². The second-order valence-corrected chi connectivity index (χ2v) is 3.48. The van der Waals surface area contributed by atoms with Gasteiger partial charge < -0.3 is 10.1 Å². The van der Waals surface area contributed by atoms with Gasteiger partial charge in [-0.25, -0.2) is 4.98 Å². The highest BCUT2D eigenvalue weighted by Crippen LogP contribution is 2.19. The third kappa shape index (κ3) is 2.27. The molecule has 1 N–H and O–H groups in total. The second kappa shape index (κ2) is 4.54. The van der Waals surface area contributed by atoms with Crippen molar-refractivity contribution in [2.75, 3.05) is 14.2 Å². The Bertz CT molecular complexity index is 237. The molecule has 0 aliphatic rings. The predicted molar refractivity (Wildman–Crippen MR) is 50.3 cm³/mol. The maximum absolute atomic E-state index is 5.16. The normalized spacial score (nSPS) is 13.2. The van der Waals surface area contributed by atoms with Crippen molar-refractivity contribution in [3.05, 3.63) is 16.1 Å². The largest absolute Gasteiger partial charge is 0.375 e. The van der Waals surface area contributed by atoms with E-state index in [9.17, 15) is 0 Å². The summed E-state index contributed by atoms with van der Waals surface area (Å²) in [6, 6.07) is 0. The average molecular weight is 186 g/mol. The molecule has 1 rings (SSSR count). The lowest BCUT2D eigenvalue weighted by molar-refractivity contribution is 0.119. The number of rotatable bonds is 4. The van der Waals surface area contributed by atoms with Crippen molar-refractivity contribution in [1.82, 2.24) is 10.3 Å². The molecule has 1 unspecified atom stereocenters. The van der Waals surface area contributed by atoms with Crippen LogP contribution in [0.25, 0.3) is 0 Å². The second-order valence-electron chi connectivity index (χ2n) is 2.59. The Kier molecular flexibility index (Phi) is 3.65. The molecule has 0 spiro atoms. The van der Waals surface area contributed by atoms with Crippen LogP contribution in [0.3, 0.4) is 0 Å². The fourth-order valence-corrected chi connectivity index (χ4v) is 1.72. The molecule has 0 saturated heterocycles. The van der Waals surface area contributed by atoms with Crippen molar-refractivity contribution in [1.29, 1.82) is 0 Å². The van der Waals surface area contributed by atoms with Gasteiger partial charge in [-0.05, 0) is 14.0 Å². The monoisotopic (exact) mass is 186 g/mol. The summed E-state index contributed by atoms with van der Waals surface area (Å²) in [6.45, 7) is 2.83. The van der Waals surface area contributed by atoms with E-state index in [-0.39, 0.29) is 6.10 Å². The summed E-state index contributed by atoms with van der Waals surface area (Å²) >= 11 is 1.65. The SMILES string of the molecule is CNCc1csc(C(C)OC)n1. The van der Waals surface area contributed by atoms with Gasteiger partial charge in [0.15, 0.2) is 0 Å². The average Bonchev–Trinajstić information content (AvgIpc) is 2.52. The first-order chi connectivity index (χ1) is 5.77. The van der Waals surface area contributed by atoms with Crippen LogP contribution in [-0.2, 0) is 11.3 Å². The Morgan fingerprint density at radius 3 is 3.08 bits per heavy atom. The van der Waals surface area contributed by atoms with Crippen LogP contribution >= 0.6 is 11.3 Å². The number of ether oxygens (including phenoxy) is 1. The molecule has 0 radical (unpaired) electrons. The predicted octanol–water partition coefficient (Wildman–Crippen LogP) is 1.57. The molecule has 68 valence electrons. The Hall–Kier alpha value is -0.450. The quantitative estimate of drug-likeness (QED) is 0.775. The summed E-state index contributed by atoms with van der Waals surface area (Å²) in [7, 11) is 3.61. The van der Waals surface area contributed by atoms with E-state index in [1.54, 1.807) is 18.4 Å². The van der Waals surface area contributed by atoms with Crippen LogP contribution in [0.5, 0.6) is 0 Å². The lowest BCUT2D eigenvalue weighted by Crippen LogP contribution is -2.05. The van der Waals surface area contributed by atoms with Crippen molar-refractivity contribution >= 4 is 11.3 Å². The molecule has 1 heterocycles. The molecule has 0 saturated carbocycles. The molecule has 1 aromatic rings. The fourth-order valence-electron chi connectivity index (χ4n) is 0.872. The Labute approximate surface area is 76.8 Å². The highest BCUT2D eigenvalue weighted by Gasteiger charge is 2.08. The summed E-state index contributed by atoms with van der Waals surface area (Å²) < 4.78 is 5.16. The van der Waals surface area contributed by atoms with Crippen molar-refractivity contribution in [2.45, 2.75) is 19.6 Å². The Morgan fingerprint density at radius 2 is 2.50 bits per heavy atom. The van der Waals surface area contributed by atoms with E-state index in [1.165, 1.54) is 0 Å². The zero-order valence-corrected chi connectivity index (χ0v) is 8.44. The van der Waals surface area contributed by atoms with Crippen LogP contribution in [0.15, 0.2) is 5.38 Å². The Morgan fingerprint density at radius 1 is 1.75 bits per heavy atom. The lowest BCUT2D eigenvalue weighted by Gasteiger charge is -2.03. The van der Waals surface area contributed by atoms with Gasteiger partial charge in [0.2, 0.25) is 0 Å². The molecule has 0 amide bonds. The first-order valence-electron chi connectivity index (χ1n) is 3.89. The van der Waals surface area contributed by atoms with Gasteiger partial charge in [-0.3, -0.25) is 0 Å². The highest BCUT2D eigenvalue weighted by molar-refractivity contribution is 7.09. The summed E-state index contributed by atoms with van der Waals surface area (Å²) in [5.74, 6) is 0. The van der Waals surface area contributed by atoms with Crippen LogP contribution in [-0.4, -0.2) is 19.1 Å². The summed E-state index contributed by atoms with van der Waals surface area (Å²) in [4.78, 5) is 4.40. The molecule has 0 fully saturated rings. The van der Waals surface area contributed by atoms with E-state index in [0.29, 0.717) is 0 Å². The Balaban J connectivity index is 2.63. The van der Waals surface area contributed by atoms with E-state index in [4.69, 9.17) is 4.74 Å². The molecule has 4 heteroatoms. The standard InChI is InChI=1S/C8H14N2OS/c1-6(11-3)8-10-7(4-9-2)5-12-8/h5-6,9H,4H2,1-3H3. The molecule has 0 aliphatic heterocycles. The lowest BCUT2D eigenvalue weighted by atomic mass is 10.4. The minimum Gasteiger partial charge on any atom is -0.375 e. The zero-order chi connectivity index (χ0) is 8.97. The van der Waals surface area contributed by atoms with Crippen molar-refractivity contribution < 1.29 is 4.74 Å². The van der Waals surface area contributed by atoms with Gasteiger partial charge in [0.1, 0.15) is 11.1 Å². The molecule has 0 bridgehead atoms. The van der Waals surface area contributed by atoms with E-state index in [2.05, 4.69) is 15.7 Å². The first-order valence-corrected chi connectivity index (χ1v) is 4.77. The van der Waals surface area contributed by atoms with E-state index >= 15 is 0 Å². The number of methoxy groups -OCH3 is 1. The number of thiazole rings is 1. The van der Waals surface area contributed by atoms with Crippen LogP contribution < -0.4 is 5.32 Å². The van der Waals surface area contributed by atoms with Crippen LogP contribution in [0.1, 0.15) is 23.7 Å². The molecule has 3 nitrogen and oxygen atoms in total. The molecule has 1 aromatic heterocycles. The number of aromatic nitrogens is 1. The molecule has 12 heavy (non-hydrogen) atoms. The van der Waals surface area contributed by atoms with Crippen LogP contribution in [0, 0.1) is 0 Å². The van der Waals surface area contributed by atoms with E-state index < -0.39 is 0 Å². The fraction of sp³-hybridized carbons (Fsp3) is 0.625. The maximum atomic E-state index is 5.16. The summed E-state index contributed by atoms with van der Waals surface area (Å²) in [5, 5.41) is 6.16. The molecule has 0 aromatic carbocycles. The third-order valence-corrected chi connectivity index (χ3v) is 2.68. The number of hydrogen-bond acceptors (Lipinski definition) is 4. The summed E-state index contributed by atoms with van der Waals surface area (Å²) in [5.41, 5.74) is 1.08. The number of nitrogens with one attached hydrogen (secondary N) is 1. The molecule has 0 aliphatic carbocycles. The molecular formula is C8H14N2OS. The van der Waals surface area contributed by atoms with E-state index in [0.717, 1.165) is 17.2 Å². The van der Waals surface area contributed by atoms with Gasteiger partial charge in [0.25, 0.3) is 0 Å². The summed E-state index contributed by atoms with van der Waals surface area (Å²) in [6.07, 6.45) is 0.112. The minimum absolute atomic E-state index is 0.112. The maximum Gasteiger partial charge on any atom is 0.122 e. The van der Waals surface area contributed by atoms with Gasteiger partial charge in [-0.1, -0.05) is 0 Å². The smallest absolute Gasteiger partial charge is 0.122 e. The topological polar surface area (TPSA) is 34.1 Å². The number of nitrogens with zero attached hydrogens (tertiary/aromatic N) is 1.